The Morgan fingerprint density at radius 1 is 0.625 bits per heavy atom. The Bertz CT molecular complexity index is 925. The van der Waals surface area contributed by atoms with Crippen molar-refractivity contribution >= 4 is 9.84 Å². The largest absolute Gasteiger partial charge is 0.507 e. The maximum atomic E-state index is 13.4. The van der Waals surface area contributed by atoms with Crippen molar-refractivity contribution in [2.75, 3.05) is 0 Å². The molecular weight excluding hydrogens is 324 g/mol. The number of hydrogen-bond acceptors (Lipinski definition) is 4. The quantitative estimate of drug-likeness (QED) is 0.857. The van der Waals surface area contributed by atoms with Crippen molar-refractivity contribution in [1.29, 1.82) is 0 Å². The van der Waals surface area contributed by atoms with Gasteiger partial charge in [-0.25, -0.2) is 8.42 Å². The van der Waals surface area contributed by atoms with Crippen LogP contribution in [-0.2, 0) is 9.84 Å². The molecule has 2 N–H and O–H groups in total. The van der Waals surface area contributed by atoms with E-state index in [9.17, 15) is 18.6 Å². The van der Waals surface area contributed by atoms with Gasteiger partial charge in [-0.2, -0.15) is 0 Å². The van der Waals surface area contributed by atoms with E-state index in [1.54, 1.807) is 54.5 Å². The van der Waals surface area contributed by atoms with Gasteiger partial charge < -0.3 is 10.2 Å². The van der Waals surface area contributed by atoms with Crippen LogP contribution in [0.4, 0.5) is 0 Å². The first-order chi connectivity index (χ1) is 10.9. The molecule has 0 radical (unpaired) electrons. The molecule has 2 rings (SSSR count). The van der Waals surface area contributed by atoms with Crippen LogP contribution in [0.25, 0.3) is 0 Å². The van der Waals surface area contributed by atoms with Crippen LogP contribution < -0.4 is 0 Å². The molecule has 2 aromatic rings. The molecule has 0 heterocycles. The second-order valence-electron chi connectivity index (χ2n) is 6.49. The molecule has 0 saturated heterocycles. The summed E-state index contributed by atoms with van der Waals surface area (Å²) < 4.78 is 26.8. The Hall–Kier alpha value is -2.01. The van der Waals surface area contributed by atoms with E-state index in [1.807, 2.05) is 0 Å². The monoisotopic (exact) mass is 348 g/mol. The summed E-state index contributed by atoms with van der Waals surface area (Å²) >= 11 is 0. The van der Waals surface area contributed by atoms with Crippen molar-refractivity contribution in [3.05, 3.63) is 45.0 Å². The van der Waals surface area contributed by atoms with Gasteiger partial charge in [-0.1, -0.05) is 6.07 Å². The number of phenolic OH excluding ortho intramolecular Hbond substituents is 2. The Morgan fingerprint density at radius 3 is 1.54 bits per heavy atom. The zero-order chi connectivity index (χ0) is 18.6. The topological polar surface area (TPSA) is 74.6 Å². The average molecular weight is 348 g/mol. The number of benzene rings is 2. The van der Waals surface area contributed by atoms with E-state index in [-0.39, 0.29) is 21.3 Å². The highest BCUT2D eigenvalue weighted by Gasteiger charge is 2.30. The molecule has 0 bridgehead atoms. The fraction of sp³-hybridized carbons (Fsp3) is 0.368. The lowest BCUT2D eigenvalue weighted by Gasteiger charge is -2.20. The first-order valence-electron chi connectivity index (χ1n) is 7.77. The van der Waals surface area contributed by atoms with E-state index >= 15 is 0 Å². The molecule has 0 aliphatic carbocycles. The third kappa shape index (κ3) is 2.47. The molecular formula is C19H24O4S. The summed E-state index contributed by atoms with van der Waals surface area (Å²) in [6, 6.07) is 1.68. The molecule has 0 unspecified atom stereocenters. The van der Waals surface area contributed by atoms with Gasteiger partial charge in [0.15, 0.2) is 0 Å². The predicted molar refractivity (Wildman–Crippen MR) is 94.8 cm³/mol. The normalized spacial score (nSPS) is 11.8. The maximum absolute atomic E-state index is 13.4. The fourth-order valence-electron chi connectivity index (χ4n) is 3.33. The number of rotatable bonds is 2. The van der Waals surface area contributed by atoms with E-state index in [1.165, 1.54) is 0 Å². The van der Waals surface area contributed by atoms with Crippen LogP contribution in [0.1, 0.15) is 38.9 Å². The zero-order valence-corrected chi connectivity index (χ0v) is 16.0. The number of aryl methyl sites for hydroxylation is 2. The van der Waals surface area contributed by atoms with Crippen LogP contribution in [-0.4, -0.2) is 18.6 Å². The molecule has 0 aliphatic rings. The standard InChI is InChI=1S/C19H24O4S/c1-9-8-10(2)18(15(7)16(9)20)24(22,23)19-13(5)11(3)17(21)12(4)14(19)6/h8,20-21H,1-7H3. The first-order valence-corrected chi connectivity index (χ1v) is 9.25. The van der Waals surface area contributed by atoms with Crippen molar-refractivity contribution in [1.82, 2.24) is 0 Å². The molecule has 0 saturated carbocycles. The Labute approximate surface area is 143 Å². The molecule has 5 heteroatoms. The summed E-state index contributed by atoms with van der Waals surface area (Å²) in [4.78, 5) is 0.353. The highest BCUT2D eigenvalue weighted by atomic mass is 32.2. The summed E-state index contributed by atoms with van der Waals surface area (Å²) in [6.45, 7) is 11.9. The summed E-state index contributed by atoms with van der Waals surface area (Å²) in [5.74, 6) is 0.130. The maximum Gasteiger partial charge on any atom is 0.207 e. The SMILES string of the molecule is Cc1cc(C)c(S(=O)(=O)c2c(C)c(C)c(O)c(C)c2C)c(C)c1O. The smallest absolute Gasteiger partial charge is 0.207 e. The molecule has 0 fully saturated rings. The lowest BCUT2D eigenvalue weighted by molar-refractivity contribution is 0.462. The van der Waals surface area contributed by atoms with Crippen LogP contribution in [0.3, 0.4) is 0 Å². The molecule has 0 atom stereocenters. The molecule has 0 spiro atoms. The van der Waals surface area contributed by atoms with Gasteiger partial charge in [0.25, 0.3) is 0 Å². The summed E-state index contributed by atoms with van der Waals surface area (Å²) in [5, 5.41) is 20.4. The van der Waals surface area contributed by atoms with Gasteiger partial charge in [0.05, 0.1) is 9.79 Å². The minimum atomic E-state index is -3.83. The summed E-state index contributed by atoms with van der Waals surface area (Å²) in [5.41, 5.74) is 3.80. The Balaban J connectivity index is 2.97. The van der Waals surface area contributed by atoms with Crippen LogP contribution in [0, 0.1) is 48.5 Å². The minimum absolute atomic E-state index is 0.00158. The van der Waals surface area contributed by atoms with Crippen LogP contribution in [0.15, 0.2) is 15.9 Å². The second kappa shape index (κ2) is 5.81. The van der Waals surface area contributed by atoms with Crippen LogP contribution in [0.5, 0.6) is 11.5 Å². The van der Waals surface area contributed by atoms with Gasteiger partial charge in [0.1, 0.15) is 11.5 Å². The van der Waals surface area contributed by atoms with E-state index < -0.39 is 9.84 Å². The van der Waals surface area contributed by atoms with Gasteiger partial charge >= 0.3 is 0 Å². The van der Waals surface area contributed by atoms with E-state index in [0.29, 0.717) is 38.9 Å². The summed E-state index contributed by atoms with van der Waals surface area (Å²) in [7, 11) is -3.83. The molecule has 24 heavy (non-hydrogen) atoms. The van der Waals surface area contributed by atoms with Gasteiger partial charge in [0.2, 0.25) is 9.84 Å². The molecule has 4 nitrogen and oxygen atoms in total. The first kappa shape index (κ1) is 18.3. The molecule has 0 aliphatic heterocycles. The van der Waals surface area contributed by atoms with Gasteiger partial charge in [-0.15, -0.1) is 0 Å². The van der Waals surface area contributed by atoms with E-state index in [4.69, 9.17) is 0 Å². The fourth-order valence-corrected chi connectivity index (χ4v) is 5.63. The Morgan fingerprint density at radius 2 is 1.08 bits per heavy atom. The van der Waals surface area contributed by atoms with Crippen molar-refractivity contribution in [3.8, 4) is 11.5 Å². The summed E-state index contributed by atoms with van der Waals surface area (Å²) in [6.07, 6.45) is 0. The van der Waals surface area contributed by atoms with Crippen molar-refractivity contribution in [2.45, 2.75) is 58.3 Å². The van der Waals surface area contributed by atoms with Gasteiger partial charge in [0, 0.05) is 5.56 Å². The number of phenols is 2. The molecule has 0 aromatic heterocycles. The van der Waals surface area contributed by atoms with Crippen molar-refractivity contribution in [2.24, 2.45) is 0 Å². The lowest BCUT2D eigenvalue weighted by atomic mass is 10.00. The highest BCUT2D eigenvalue weighted by molar-refractivity contribution is 7.91. The highest BCUT2D eigenvalue weighted by Crippen LogP contribution is 2.40. The third-order valence-corrected chi connectivity index (χ3v) is 7.23. The van der Waals surface area contributed by atoms with Gasteiger partial charge in [-0.3, -0.25) is 0 Å². The van der Waals surface area contributed by atoms with Gasteiger partial charge in [-0.05, 0) is 81.8 Å². The molecule has 2 aromatic carbocycles. The zero-order valence-electron chi connectivity index (χ0n) is 15.2. The van der Waals surface area contributed by atoms with E-state index in [0.717, 1.165) is 0 Å². The van der Waals surface area contributed by atoms with Crippen LogP contribution >= 0.6 is 0 Å². The average Bonchev–Trinajstić information content (AvgIpc) is 2.48. The molecule has 130 valence electrons. The number of sulfone groups is 1. The second-order valence-corrected chi connectivity index (χ2v) is 8.32. The van der Waals surface area contributed by atoms with Crippen molar-refractivity contribution in [3.63, 3.8) is 0 Å². The lowest BCUT2D eigenvalue weighted by Crippen LogP contribution is -2.12. The predicted octanol–water partition coefficient (Wildman–Crippen LogP) is 4.09. The Kier molecular flexibility index (Phi) is 4.44. The van der Waals surface area contributed by atoms with Crippen molar-refractivity contribution < 1.29 is 18.6 Å². The minimum Gasteiger partial charge on any atom is -0.507 e. The third-order valence-electron chi connectivity index (χ3n) is 4.91. The van der Waals surface area contributed by atoms with E-state index in [2.05, 4.69) is 0 Å². The molecule has 0 amide bonds. The van der Waals surface area contributed by atoms with Crippen LogP contribution in [0.2, 0.25) is 0 Å². The number of hydrogen-bond donors (Lipinski definition) is 2. The number of aromatic hydroxyl groups is 2.